The maximum Gasteiger partial charge on any atom is 0.250 e. The fourth-order valence-corrected chi connectivity index (χ4v) is 5.80. The van der Waals surface area contributed by atoms with Gasteiger partial charge in [0.15, 0.2) is 0 Å². The van der Waals surface area contributed by atoms with Crippen LogP contribution in [-0.4, -0.2) is 66.9 Å². The van der Waals surface area contributed by atoms with Crippen LogP contribution < -0.4 is 10.2 Å². The number of nitrogens with one attached hydrogen (secondary N) is 2. The quantitative estimate of drug-likeness (QED) is 0.415. The number of thioether (sulfide) groups is 1. The van der Waals surface area contributed by atoms with E-state index in [4.69, 9.17) is 11.6 Å². The van der Waals surface area contributed by atoms with Crippen molar-refractivity contribution < 1.29 is 9.59 Å². The number of nitrogens with zero attached hydrogens (tertiary/aromatic N) is 2. The number of para-hydroxylation sites is 1. The van der Waals surface area contributed by atoms with E-state index in [1.165, 1.54) is 0 Å². The zero-order chi connectivity index (χ0) is 25.8. The van der Waals surface area contributed by atoms with Gasteiger partial charge in [0.1, 0.15) is 6.04 Å². The molecule has 3 atom stereocenters. The molecule has 6 nitrogen and oxygen atoms in total. The van der Waals surface area contributed by atoms with Crippen molar-refractivity contribution in [1.82, 2.24) is 15.2 Å². The van der Waals surface area contributed by atoms with Crippen molar-refractivity contribution in [3.63, 3.8) is 0 Å². The zero-order valence-electron chi connectivity index (χ0n) is 21.4. The third-order valence-corrected chi connectivity index (χ3v) is 7.75. The van der Waals surface area contributed by atoms with Crippen LogP contribution in [0, 0.1) is 5.92 Å². The SMILES string of the molecule is CSCCC(=O)NC(C(=O)N1C[C@@H](CN(C)C)Cc2cc(Cl)ccc21)C(C)c1c[nH]c2ccccc12. The van der Waals surface area contributed by atoms with Crippen molar-refractivity contribution in [2.45, 2.75) is 31.7 Å². The summed E-state index contributed by atoms with van der Waals surface area (Å²) in [7, 11) is 4.10. The van der Waals surface area contributed by atoms with Crippen LogP contribution in [0.5, 0.6) is 0 Å². The Labute approximate surface area is 222 Å². The molecule has 0 spiro atoms. The number of carbonyl (C=O) groups is 2. The van der Waals surface area contributed by atoms with E-state index in [-0.39, 0.29) is 23.7 Å². The van der Waals surface area contributed by atoms with Crippen LogP contribution in [0.4, 0.5) is 5.69 Å². The summed E-state index contributed by atoms with van der Waals surface area (Å²) in [4.78, 5) is 34.6. The smallest absolute Gasteiger partial charge is 0.250 e. The molecule has 1 aliphatic rings. The van der Waals surface area contributed by atoms with Gasteiger partial charge in [0, 0.05) is 59.0 Å². The number of anilines is 1. The van der Waals surface area contributed by atoms with Gasteiger partial charge in [-0.3, -0.25) is 9.59 Å². The largest absolute Gasteiger partial charge is 0.361 e. The Morgan fingerprint density at radius 2 is 2.03 bits per heavy atom. The second kappa shape index (κ2) is 11.7. The number of halogens is 1. The fraction of sp³-hybridized carbons (Fsp3) is 0.429. The lowest BCUT2D eigenvalue weighted by atomic mass is 9.88. The molecular weight excluding hydrogens is 492 g/mol. The van der Waals surface area contributed by atoms with E-state index in [2.05, 4.69) is 21.3 Å². The highest BCUT2D eigenvalue weighted by atomic mass is 35.5. The van der Waals surface area contributed by atoms with Gasteiger partial charge in [-0.25, -0.2) is 0 Å². The zero-order valence-corrected chi connectivity index (χ0v) is 23.0. The first-order chi connectivity index (χ1) is 17.3. The number of hydrogen-bond donors (Lipinski definition) is 2. The molecular formula is C28H35ClN4O2S. The predicted molar refractivity (Wildman–Crippen MR) is 151 cm³/mol. The number of aromatic nitrogens is 1. The van der Waals surface area contributed by atoms with Crippen LogP contribution >= 0.6 is 23.4 Å². The van der Waals surface area contributed by atoms with Crippen molar-refractivity contribution in [2.24, 2.45) is 5.92 Å². The lowest BCUT2D eigenvalue weighted by Crippen LogP contribution is -2.54. The molecule has 192 valence electrons. The average molecular weight is 527 g/mol. The third kappa shape index (κ3) is 5.90. The summed E-state index contributed by atoms with van der Waals surface area (Å²) in [5.74, 6) is 0.567. The second-order valence-electron chi connectivity index (χ2n) is 9.92. The first-order valence-electron chi connectivity index (χ1n) is 12.4. The molecule has 0 fully saturated rings. The normalized spacial score (nSPS) is 17.2. The molecule has 3 aromatic rings. The van der Waals surface area contributed by atoms with Crippen molar-refractivity contribution >= 4 is 51.8 Å². The van der Waals surface area contributed by atoms with Crippen molar-refractivity contribution in [3.05, 3.63) is 64.8 Å². The Balaban J connectivity index is 1.71. The monoisotopic (exact) mass is 526 g/mol. The van der Waals surface area contributed by atoms with Gasteiger partial charge in [0.2, 0.25) is 11.8 Å². The fourth-order valence-electron chi connectivity index (χ4n) is 5.22. The number of carbonyl (C=O) groups excluding carboxylic acids is 2. The molecule has 8 heteroatoms. The molecule has 0 radical (unpaired) electrons. The highest BCUT2D eigenvalue weighted by Crippen LogP contribution is 2.35. The molecule has 2 unspecified atom stereocenters. The molecule has 2 heterocycles. The van der Waals surface area contributed by atoms with Gasteiger partial charge in [-0.1, -0.05) is 36.7 Å². The summed E-state index contributed by atoms with van der Waals surface area (Å²) in [6, 6.07) is 13.1. The summed E-state index contributed by atoms with van der Waals surface area (Å²) in [5, 5.41) is 4.84. The minimum absolute atomic E-state index is 0.0858. The average Bonchev–Trinajstić information content (AvgIpc) is 3.28. The van der Waals surface area contributed by atoms with Crippen molar-refractivity contribution in [2.75, 3.05) is 44.1 Å². The molecule has 1 aromatic heterocycles. The van der Waals surface area contributed by atoms with Gasteiger partial charge in [0.25, 0.3) is 0 Å². The van der Waals surface area contributed by atoms with Gasteiger partial charge in [0.05, 0.1) is 0 Å². The topological polar surface area (TPSA) is 68.4 Å². The van der Waals surface area contributed by atoms with Crippen molar-refractivity contribution in [1.29, 1.82) is 0 Å². The minimum atomic E-state index is -0.694. The Morgan fingerprint density at radius 3 is 2.78 bits per heavy atom. The molecule has 0 saturated heterocycles. The maximum atomic E-state index is 14.3. The molecule has 1 aliphatic heterocycles. The van der Waals surface area contributed by atoms with Crippen LogP contribution in [0.25, 0.3) is 10.9 Å². The van der Waals surface area contributed by atoms with E-state index in [0.29, 0.717) is 23.7 Å². The molecule has 2 N–H and O–H groups in total. The molecule has 2 amide bonds. The number of aromatic amines is 1. The number of H-pyrrole nitrogens is 1. The van der Waals surface area contributed by atoms with Crippen LogP contribution in [0.1, 0.15) is 30.4 Å². The van der Waals surface area contributed by atoms with Crippen LogP contribution in [0.3, 0.4) is 0 Å². The van der Waals surface area contributed by atoms with E-state index in [1.54, 1.807) is 11.8 Å². The van der Waals surface area contributed by atoms with Gasteiger partial charge in [-0.2, -0.15) is 11.8 Å². The molecule has 0 saturated carbocycles. The van der Waals surface area contributed by atoms with Crippen molar-refractivity contribution in [3.8, 4) is 0 Å². The summed E-state index contributed by atoms with van der Waals surface area (Å²) < 4.78 is 0. The number of amides is 2. The van der Waals surface area contributed by atoms with Gasteiger partial charge >= 0.3 is 0 Å². The lowest BCUT2D eigenvalue weighted by Gasteiger charge is -2.38. The number of hydrogen-bond acceptors (Lipinski definition) is 4. The number of benzene rings is 2. The molecule has 36 heavy (non-hydrogen) atoms. The molecule has 0 bridgehead atoms. The molecule has 4 rings (SSSR count). The number of rotatable bonds is 9. The Kier molecular flexibility index (Phi) is 8.65. The Morgan fingerprint density at radius 1 is 1.25 bits per heavy atom. The third-order valence-electron chi connectivity index (χ3n) is 6.90. The van der Waals surface area contributed by atoms with Crippen LogP contribution in [-0.2, 0) is 16.0 Å². The summed E-state index contributed by atoms with van der Waals surface area (Å²) in [6.45, 7) is 3.49. The Bertz CT molecular complexity index is 1230. The summed E-state index contributed by atoms with van der Waals surface area (Å²) >= 11 is 7.96. The van der Waals surface area contributed by atoms with Gasteiger partial charge < -0.3 is 20.1 Å². The number of fused-ring (bicyclic) bond motifs is 2. The maximum absolute atomic E-state index is 14.3. The minimum Gasteiger partial charge on any atom is -0.361 e. The van der Waals surface area contributed by atoms with E-state index in [0.717, 1.165) is 40.7 Å². The standard InChI is InChI=1S/C28H35ClN4O2S/c1-18(23-15-30-24-8-6-5-7-22(23)24)27(31-26(34)11-12-36-4)28(35)33-17-19(16-32(2)3)13-20-14-21(29)9-10-25(20)33/h5-10,14-15,18-19,27,30H,11-13,16-17H2,1-4H3,(H,31,34)/t18?,19-,27?/m1/s1. The first-order valence-corrected chi connectivity index (χ1v) is 14.1. The highest BCUT2D eigenvalue weighted by molar-refractivity contribution is 7.98. The summed E-state index contributed by atoms with van der Waals surface area (Å²) in [5.41, 5.74) is 3.99. The van der Waals surface area contributed by atoms with Gasteiger partial charge in [-0.05, 0) is 68.1 Å². The van der Waals surface area contributed by atoms with Crippen LogP contribution in [0.15, 0.2) is 48.7 Å². The van der Waals surface area contributed by atoms with E-state index in [1.807, 2.05) is 74.8 Å². The lowest BCUT2D eigenvalue weighted by molar-refractivity contribution is -0.128. The Hall–Kier alpha value is -2.48. The van der Waals surface area contributed by atoms with E-state index >= 15 is 0 Å². The van der Waals surface area contributed by atoms with E-state index in [9.17, 15) is 9.59 Å². The first kappa shape index (κ1) is 26.6. The van der Waals surface area contributed by atoms with Crippen LogP contribution in [0.2, 0.25) is 5.02 Å². The highest BCUT2D eigenvalue weighted by Gasteiger charge is 2.37. The second-order valence-corrected chi connectivity index (χ2v) is 11.3. The van der Waals surface area contributed by atoms with Gasteiger partial charge in [-0.15, -0.1) is 0 Å². The summed E-state index contributed by atoms with van der Waals surface area (Å²) in [6.07, 6.45) is 5.18. The molecule has 2 aromatic carbocycles. The predicted octanol–water partition coefficient (Wildman–Crippen LogP) is 4.93. The van der Waals surface area contributed by atoms with E-state index < -0.39 is 6.04 Å². The molecule has 0 aliphatic carbocycles.